The van der Waals surface area contributed by atoms with Crippen LogP contribution in [0.25, 0.3) is 11.0 Å². The van der Waals surface area contributed by atoms with E-state index in [-0.39, 0.29) is 5.56 Å². The fourth-order valence-electron chi connectivity index (χ4n) is 3.81. The topological polar surface area (TPSA) is 41.4 Å². The Kier molecular flexibility index (Phi) is 4.94. The zero-order chi connectivity index (χ0) is 20.6. The summed E-state index contributed by atoms with van der Waals surface area (Å²) < 4.78 is 41.9. The first-order valence-electron chi connectivity index (χ1n) is 9.56. The molecule has 0 N–H and O–H groups in total. The van der Waals surface area contributed by atoms with E-state index in [4.69, 9.17) is 4.98 Å². The van der Waals surface area contributed by atoms with E-state index in [1.165, 1.54) is 23.1 Å². The Labute approximate surface area is 166 Å². The predicted molar refractivity (Wildman–Crippen MR) is 105 cm³/mol. The SMILES string of the molecule is CCn1c(N2CCN(C(=O)c3ccccc3C(F)(F)F)CC2)nc2ccccc21. The largest absolute Gasteiger partial charge is 0.417 e. The van der Waals surface area contributed by atoms with Crippen LogP contribution in [-0.2, 0) is 12.7 Å². The molecule has 29 heavy (non-hydrogen) atoms. The number of aryl methyl sites for hydroxylation is 1. The van der Waals surface area contributed by atoms with Gasteiger partial charge in [0.1, 0.15) is 0 Å². The molecule has 0 spiro atoms. The summed E-state index contributed by atoms with van der Waals surface area (Å²) >= 11 is 0. The highest BCUT2D eigenvalue weighted by Gasteiger charge is 2.36. The number of alkyl halides is 3. The van der Waals surface area contributed by atoms with E-state index >= 15 is 0 Å². The molecule has 1 saturated heterocycles. The lowest BCUT2D eigenvalue weighted by Gasteiger charge is -2.35. The van der Waals surface area contributed by atoms with E-state index in [0.29, 0.717) is 26.2 Å². The molecule has 8 heteroatoms. The van der Waals surface area contributed by atoms with Gasteiger partial charge in [0.25, 0.3) is 5.91 Å². The van der Waals surface area contributed by atoms with Crippen LogP contribution in [0.15, 0.2) is 48.5 Å². The molecule has 0 atom stereocenters. The Balaban J connectivity index is 1.53. The lowest BCUT2D eigenvalue weighted by atomic mass is 10.1. The summed E-state index contributed by atoms with van der Waals surface area (Å²) in [4.78, 5) is 21.1. The van der Waals surface area contributed by atoms with Crippen LogP contribution in [-0.4, -0.2) is 46.5 Å². The molecule has 0 radical (unpaired) electrons. The molecule has 4 rings (SSSR count). The number of piperazine rings is 1. The van der Waals surface area contributed by atoms with Crippen molar-refractivity contribution in [3.8, 4) is 0 Å². The summed E-state index contributed by atoms with van der Waals surface area (Å²) in [6, 6.07) is 12.8. The third-order valence-corrected chi connectivity index (χ3v) is 5.26. The monoisotopic (exact) mass is 402 g/mol. The zero-order valence-corrected chi connectivity index (χ0v) is 16.0. The number of amides is 1. The number of anilines is 1. The smallest absolute Gasteiger partial charge is 0.339 e. The maximum absolute atomic E-state index is 13.3. The number of fused-ring (bicyclic) bond motifs is 1. The summed E-state index contributed by atoms with van der Waals surface area (Å²) in [5.41, 5.74) is 0.763. The number of hydrogen-bond donors (Lipinski definition) is 0. The first kappa shape index (κ1) is 19.3. The summed E-state index contributed by atoms with van der Waals surface area (Å²) in [6.45, 7) is 4.53. The molecule has 5 nitrogen and oxygen atoms in total. The van der Waals surface area contributed by atoms with E-state index < -0.39 is 17.6 Å². The molecule has 2 aromatic carbocycles. The number of carbonyl (C=O) groups excluding carboxylic acids is 1. The van der Waals surface area contributed by atoms with Crippen molar-refractivity contribution in [2.75, 3.05) is 31.1 Å². The predicted octanol–water partition coefficient (Wildman–Crippen LogP) is 4.04. The minimum atomic E-state index is -4.56. The summed E-state index contributed by atoms with van der Waals surface area (Å²) in [5, 5.41) is 0. The second kappa shape index (κ2) is 7.42. The van der Waals surface area contributed by atoms with Crippen LogP contribution in [0.2, 0.25) is 0 Å². The molecular formula is C21H21F3N4O. The number of aromatic nitrogens is 2. The van der Waals surface area contributed by atoms with E-state index in [1.54, 1.807) is 0 Å². The second-order valence-electron chi connectivity index (χ2n) is 6.97. The molecule has 1 aliphatic heterocycles. The minimum Gasteiger partial charge on any atom is -0.339 e. The summed E-state index contributed by atoms with van der Waals surface area (Å²) in [7, 11) is 0. The first-order chi connectivity index (χ1) is 13.9. The van der Waals surface area contributed by atoms with Gasteiger partial charge in [-0.15, -0.1) is 0 Å². The second-order valence-corrected chi connectivity index (χ2v) is 6.97. The first-order valence-corrected chi connectivity index (χ1v) is 9.56. The summed E-state index contributed by atoms with van der Waals surface area (Å²) in [6.07, 6.45) is -4.56. The van der Waals surface area contributed by atoms with Crippen LogP contribution < -0.4 is 4.90 Å². The zero-order valence-electron chi connectivity index (χ0n) is 16.0. The number of imidazole rings is 1. The fraction of sp³-hybridized carbons (Fsp3) is 0.333. The molecule has 2 heterocycles. The third-order valence-electron chi connectivity index (χ3n) is 5.26. The van der Waals surface area contributed by atoms with Gasteiger partial charge >= 0.3 is 6.18 Å². The van der Waals surface area contributed by atoms with Crippen LogP contribution in [0.4, 0.5) is 19.1 Å². The molecule has 0 bridgehead atoms. The van der Waals surface area contributed by atoms with Crippen molar-refractivity contribution in [3.63, 3.8) is 0 Å². The van der Waals surface area contributed by atoms with Gasteiger partial charge in [-0.1, -0.05) is 24.3 Å². The Morgan fingerprint density at radius 1 is 1.00 bits per heavy atom. The van der Waals surface area contributed by atoms with Crippen LogP contribution in [0.3, 0.4) is 0 Å². The van der Waals surface area contributed by atoms with Crippen molar-refractivity contribution in [3.05, 3.63) is 59.7 Å². The number of halogens is 3. The molecule has 152 valence electrons. The van der Waals surface area contributed by atoms with Gasteiger partial charge in [0, 0.05) is 32.7 Å². The average Bonchev–Trinajstić information content (AvgIpc) is 3.11. The van der Waals surface area contributed by atoms with Crippen molar-refractivity contribution in [2.24, 2.45) is 0 Å². The van der Waals surface area contributed by atoms with Gasteiger partial charge in [-0.05, 0) is 31.2 Å². The molecule has 0 unspecified atom stereocenters. The molecule has 1 amide bonds. The van der Waals surface area contributed by atoms with E-state index in [0.717, 1.165) is 29.6 Å². The quantitative estimate of drug-likeness (QED) is 0.664. The molecular weight excluding hydrogens is 381 g/mol. The lowest BCUT2D eigenvalue weighted by Crippen LogP contribution is -2.49. The van der Waals surface area contributed by atoms with Gasteiger partial charge in [0.15, 0.2) is 0 Å². The van der Waals surface area contributed by atoms with Crippen molar-refractivity contribution in [2.45, 2.75) is 19.6 Å². The average molecular weight is 402 g/mol. The summed E-state index contributed by atoms with van der Waals surface area (Å²) in [5.74, 6) is 0.248. The normalized spacial score (nSPS) is 15.2. The minimum absolute atomic E-state index is 0.297. The van der Waals surface area contributed by atoms with Crippen molar-refractivity contribution in [1.82, 2.24) is 14.5 Å². The standard InChI is InChI=1S/C21H21F3N4O/c1-2-28-18-10-6-5-9-17(18)25-20(28)27-13-11-26(12-14-27)19(29)15-7-3-4-8-16(15)21(22,23)24/h3-10H,2,11-14H2,1H3. The van der Waals surface area contributed by atoms with Crippen LogP contribution >= 0.6 is 0 Å². The number of para-hydroxylation sites is 2. The Morgan fingerprint density at radius 2 is 1.66 bits per heavy atom. The molecule has 0 saturated carbocycles. The van der Waals surface area contributed by atoms with E-state index in [2.05, 4.69) is 9.47 Å². The Morgan fingerprint density at radius 3 is 2.34 bits per heavy atom. The highest BCUT2D eigenvalue weighted by atomic mass is 19.4. The Bertz CT molecular complexity index is 1040. The van der Waals surface area contributed by atoms with Gasteiger partial charge in [-0.2, -0.15) is 13.2 Å². The van der Waals surface area contributed by atoms with Gasteiger partial charge in [-0.25, -0.2) is 4.98 Å². The number of nitrogens with zero attached hydrogens (tertiary/aromatic N) is 4. The number of rotatable bonds is 3. The maximum atomic E-state index is 13.3. The van der Waals surface area contributed by atoms with Crippen LogP contribution in [0, 0.1) is 0 Å². The number of benzene rings is 2. The molecule has 0 aliphatic carbocycles. The van der Waals surface area contributed by atoms with E-state index in [9.17, 15) is 18.0 Å². The molecule has 1 fully saturated rings. The van der Waals surface area contributed by atoms with E-state index in [1.807, 2.05) is 31.2 Å². The van der Waals surface area contributed by atoms with Gasteiger partial charge in [0.2, 0.25) is 5.95 Å². The van der Waals surface area contributed by atoms with Gasteiger partial charge in [-0.3, -0.25) is 4.79 Å². The third kappa shape index (κ3) is 3.54. The Hall–Kier alpha value is -3.03. The molecule has 1 aliphatic rings. The van der Waals surface area contributed by atoms with Gasteiger partial charge < -0.3 is 14.4 Å². The number of carbonyl (C=O) groups is 1. The van der Waals surface area contributed by atoms with Crippen LogP contribution in [0.5, 0.6) is 0 Å². The number of hydrogen-bond acceptors (Lipinski definition) is 3. The molecule has 3 aromatic rings. The van der Waals surface area contributed by atoms with Crippen LogP contribution in [0.1, 0.15) is 22.8 Å². The fourth-order valence-corrected chi connectivity index (χ4v) is 3.81. The highest BCUT2D eigenvalue weighted by Crippen LogP contribution is 2.32. The van der Waals surface area contributed by atoms with Crippen molar-refractivity contribution >= 4 is 22.9 Å². The maximum Gasteiger partial charge on any atom is 0.417 e. The molecule has 1 aromatic heterocycles. The van der Waals surface area contributed by atoms with Gasteiger partial charge in [0.05, 0.1) is 22.2 Å². The lowest BCUT2D eigenvalue weighted by molar-refractivity contribution is -0.138. The van der Waals surface area contributed by atoms with Crippen molar-refractivity contribution in [1.29, 1.82) is 0 Å². The highest BCUT2D eigenvalue weighted by molar-refractivity contribution is 5.96. The van der Waals surface area contributed by atoms with Crippen molar-refractivity contribution < 1.29 is 18.0 Å².